The number of thioether (sulfide) groups is 1. The Kier molecular flexibility index (Phi) is 7.36. The molecule has 1 saturated carbocycles. The highest BCUT2D eigenvalue weighted by molar-refractivity contribution is 7.99. The summed E-state index contributed by atoms with van der Waals surface area (Å²) in [6, 6.07) is 19.9. The Bertz CT molecular complexity index is 1440. The maximum Gasteiger partial charge on any atom is 0.191 e. The molecule has 3 heterocycles. The molecule has 0 spiro atoms. The molecule has 0 unspecified atom stereocenters. The zero-order chi connectivity index (χ0) is 25.8. The molecule has 38 heavy (non-hydrogen) atoms. The molecule has 0 N–H and O–H groups in total. The number of likely N-dealkylation sites (tertiary alicyclic amines) is 1. The fourth-order valence-electron chi connectivity index (χ4n) is 6.08. The molecule has 2 aromatic heterocycles. The first-order chi connectivity index (χ1) is 17.7. The molecule has 6 rings (SSSR count). The van der Waals surface area contributed by atoms with Crippen LogP contribution in [0.2, 0.25) is 0 Å². The first-order valence-electron chi connectivity index (χ1n) is 13.5. The van der Waals surface area contributed by atoms with Gasteiger partial charge in [0.05, 0.1) is 5.52 Å². The van der Waals surface area contributed by atoms with E-state index in [1.807, 2.05) is 18.7 Å². The molecule has 4 aromatic rings. The van der Waals surface area contributed by atoms with E-state index in [-0.39, 0.29) is 17.8 Å². The summed E-state index contributed by atoms with van der Waals surface area (Å²) in [5.74, 6) is 2.79. The van der Waals surface area contributed by atoms with Crippen LogP contribution in [0.3, 0.4) is 0 Å². The highest BCUT2D eigenvalue weighted by Crippen LogP contribution is 2.59. The molecule has 1 saturated heterocycles. The van der Waals surface area contributed by atoms with Gasteiger partial charge in [0.1, 0.15) is 0 Å². The number of aryl methyl sites for hydroxylation is 1. The Morgan fingerprint density at radius 2 is 1.82 bits per heavy atom. The number of piperidine rings is 1. The topological polar surface area (TPSA) is 46.8 Å². The van der Waals surface area contributed by atoms with E-state index in [0.717, 1.165) is 57.8 Å². The molecule has 1 aliphatic heterocycles. The second kappa shape index (κ2) is 10.3. The van der Waals surface area contributed by atoms with E-state index in [0.29, 0.717) is 5.41 Å². The molecule has 2 aromatic carbocycles. The van der Waals surface area contributed by atoms with Crippen molar-refractivity contribution in [1.82, 2.24) is 24.6 Å². The van der Waals surface area contributed by atoms with E-state index in [2.05, 4.69) is 107 Å². The lowest BCUT2D eigenvalue weighted by Gasteiger charge is -2.23. The maximum atomic E-state index is 4.68. The molecule has 0 amide bonds. The first-order valence-corrected chi connectivity index (χ1v) is 14.5. The fourth-order valence-corrected chi connectivity index (χ4v) is 6.92. The molecule has 2 aliphatic rings. The van der Waals surface area contributed by atoms with Crippen LogP contribution in [-0.4, -0.2) is 50.0 Å². The van der Waals surface area contributed by atoms with Crippen molar-refractivity contribution in [2.75, 3.05) is 25.4 Å². The van der Waals surface area contributed by atoms with Crippen molar-refractivity contribution >= 4 is 35.1 Å². The van der Waals surface area contributed by atoms with Crippen LogP contribution in [0.25, 0.3) is 22.3 Å². The van der Waals surface area contributed by atoms with E-state index < -0.39 is 0 Å². The van der Waals surface area contributed by atoms with Gasteiger partial charge in [0.15, 0.2) is 11.0 Å². The number of hydrogen-bond acceptors (Lipinski definition) is 5. The minimum Gasteiger partial charge on any atom is -0.305 e. The predicted octanol–water partition coefficient (Wildman–Crippen LogP) is 6.81. The molecular formula is C31H38ClN5S. The third-order valence-electron chi connectivity index (χ3n) is 8.34. The molecular weight excluding hydrogens is 510 g/mol. The largest absolute Gasteiger partial charge is 0.305 e. The van der Waals surface area contributed by atoms with Gasteiger partial charge >= 0.3 is 0 Å². The summed E-state index contributed by atoms with van der Waals surface area (Å²) in [4.78, 5) is 7.36. The van der Waals surface area contributed by atoms with Crippen molar-refractivity contribution in [2.45, 2.75) is 56.5 Å². The maximum absolute atomic E-state index is 4.68. The Hall–Kier alpha value is -2.41. The standard InChI is InChI=1S/C31H37N5S.ClH/c1-21-10-15-25-26(8-6-9-27(25)32-21)28-33-34-29(35(28)5)37-17-7-16-36-19-24-18-31(24,20-36)23-13-11-22(12-14-23)30(2,3)4;/h6,8-15,24H,7,16-20H2,1-5H3;1H/t24-,31+;/m0./s1. The zero-order valence-corrected chi connectivity index (χ0v) is 24.7. The monoisotopic (exact) mass is 547 g/mol. The van der Waals surface area contributed by atoms with E-state index in [9.17, 15) is 0 Å². The number of rotatable bonds is 7. The second-order valence-electron chi connectivity index (χ2n) is 12.0. The summed E-state index contributed by atoms with van der Waals surface area (Å²) >= 11 is 1.81. The molecule has 2 fully saturated rings. The van der Waals surface area contributed by atoms with Gasteiger partial charge in [-0.15, -0.1) is 22.6 Å². The van der Waals surface area contributed by atoms with Gasteiger partial charge in [-0.3, -0.25) is 4.98 Å². The Labute approximate surface area is 236 Å². The third-order valence-corrected chi connectivity index (χ3v) is 9.45. The highest BCUT2D eigenvalue weighted by atomic mass is 35.5. The van der Waals surface area contributed by atoms with Crippen LogP contribution in [0, 0.1) is 12.8 Å². The van der Waals surface area contributed by atoms with Gasteiger partial charge in [-0.05, 0) is 60.9 Å². The van der Waals surface area contributed by atoms with Crippen molar-refractivity contribution in [3.8, 4) is 11.4 Å². The summed E-state index contributed by atoms with van der Waals surface area (Å²) in [7, 11) is 2.07. The zero-order valence-electron chi connectivity index (χ0n) is 23.1. The van der Waals surface area contributed by atoms with E-state index in [1.165, 1.54) is 25.1 Å². The van der Waals surface area contributed by atoms with E-state index in [1.54, 1.807) is 5.56 Å². The van der Waals surface area contributed by atoms with Crippen molar-refractivity contribution in [1.29, 1.82) is 0 Å². The van der Waals surface area contributed by atoms with Crippen molar-refractivity contribution < 1.29 is 0 Å². The predicted molar refractivity (Wildman–Crippen MR) is 160 cm³/mol. The van der Waals surface area contributed by atoms with E-state index >= 15 is 0 Å². The SMILES string of the molecule is Cc1ccc2c(-c3nnc(SCCCN4C[C@@H]5C[C@]5(c5ccc(C(C)(C)C)cc5)C4)n3C)cccc2n1.Cl. The smallest absolute Gasteiger partial charge is 0.191 e. The van der Waals surface area contributed by atoms with Gasteiger partial charge in [0, 0.05) is 47.9 Å². The number of hydrogen-bond donors (Lipinski definition) is 0. The molecule has 200 valence electrons. The van der Waals surface area contributed by atoms with Gasteiger partial charge in [0.2, 0.25) is 0 Å². The normalized spacial score (nSPS) is 20.9. The molecule has 0 radical (unpaired) electrons. The number of pyridine rings is 1. The Morgan fingerprint density at radius 3 is 2.58 bits per heavy atom. The average molecular weight is 548 g/mol. The molecule has 1 aliphatic carbocycles. The first kappa shape index (κ1) is 27.2. The van der Waals surface area contributed by atoms with Crippen molar-refractivity contribution in [3.05, 3.63) is 71.4 Å². The summed E-state index contributed by atoms with van der Waals surface area (Å²) in [5.41, 5.74) is 6.72. The number of fused-ring (bicyclic) bond motifs is 2. The van der Waals surface area contributed by atoms with Crippen LogP contribution in [0.15, 0.2) is 59.8 Å². The lowest BCUT2D eigenvalue weighted by Crippen LogP contribution is -2.28. The minimum atomic E-state index is 0. The molecule has 0 bridgehead atoms. The number of halogens is 1. The second-order valence-corrected chi connectivity index (χ2v) is 13.1. The van der Waals surface area contributed by atoms with Crippen LogP contribution in [0.5, 0.6) is 0 Å². The Balaban J connectivity index is 0.00000294. The van der Waals surface area contributed by atoms with Crippen LogP contribution in [0.1, 0.15) is 50.4 Å². The molecule has 7 heteroatoms. The Morgan fingerprint density at radius 1 is 1.03 bits per heavy atom. The number of aromatic nitrogens is 4. The van der Waals surface area contributed by atoms with Crippen LogP contribution in [-0.2, 0) is 17.9 Å². The van der Waals surface area contributed by atoms with Crippen LogP contribution >= 0.6 is 24.2 Å². The summed E-state index contributed by atoms with van der Waals surface area (Å²) in [6.45, 7) is 12.5. The van der Waals surface area contributed by atoms with Crippen LogP contribution < -0.4 is 0 Å². The average Bonchev–Trinajstić information content (AvgIpc) is 3.25. The third kappa shape index (κ3) is 4.99. The molecule has 5 nitrogen and oxygen atoms in total. The van der Waals surface area contributed by atoms with Crippen molar-refractivity contribution in [3.63, 3.8) is 0 Å². The number of benzene rings is 2. The molecule has 2 atom stereocenters. The van der Waals surface area contributed by atoms with Gasteiger partial charge in [-0.1, -0.05) is 75.0 Å². The fraction of sp³-hybridized carbons (Fsp3) is 0.452. The van der Waals surface area contributed by atoms with E-state index in [4.69, 9.17) is 0 Å². The van der Waals surface area contributed by atoms with Gasteiger partial charge < -0.3 is 9.47 Å². The van der Waals surface area contributed by atoms with Crippen molar-refractivity contribution in [2.24, 2.45) is 13.0 Å². The number of nitrogens with zero attached hydrogens (tertiary/aromatic N) is 5. The van der Waals surface area contributed by atoms with Crippen LogP contribution in [0.4, 0.5) is 0 Å². The minimum absolute atomic E-state index is 0. The van der Waals surface area contributed by atoms with Gasteiger partial charge in [0.25, 0.3) is 0 Å². The highest BCUT2D eigenvalue weighted by Gasteiger charge is 2.60. The summed E-state index contributed by atoms with van der Waals surface area (Å²) in [5, 5.41) is 11.2. The summed E-state index contributed by atoms with van der Waals surface area (Å²) in [6.07, 6.45) is 2.52. The quantitative estimate of drug-likeness (QED) is 0.188. The van der Waals surface area contributed by atoms with Gasteiger partial charge in [-0.2, -0.15) is 0 Å². The van der Waals surface area contributed by atoms with Gasteiger partial charge in [-0.25, -0.2) is 0 Å². The lowest BCUT2D eigenvalue weighted by atomic mass is 9.85. The summed E-state index contributed by atoms with van der Waals surface area (Å²) < 4.78 is 2.13. The lowest BCUT2D eigenvalue weighted by molar-refractivity contribution is 0.299.